The number of amidine groups is 1. The second-order valence-corrected chi connectivity index (χ2v) is 4.93. The van der Waals surface area contributed by atoms with Crippen LogP contribution in [0.3, 0.4) is 0 Å². The number of ether oxygens (including phenoxy) is 1. The summed E-state index contributed by atoms with van der Waals surface area (Å²) < 4.78 is 5.79. The molecule has 0 saturated carbocycles. The number of carbonyl (C=O) groups excluding carboxylic acids is 1. The Bertz CT molecular complexity index is 495. The SMILES string of the molecule is CC1(C)N=C(C2Cc3ccccc3O2)NC1=O. The fraction of sp³-hybridized carbons (Fsp3) is 0.385. The van der Waals surface area contributed by atoms with E-state index >= 15 is 0 Å². The smallest absolute Gasteiger partial charge is 0.252 e. The van der Waals surface area contributed by atoms with Crippen molar-refractivity contribution in [1.82, 2.24) is 5.32 Å². The molecule has 1 aromatic rings. The van der Waals surface area contributed by atoms with Crippen molar-refractivity contribution >= 4 is 11.7 Å². The molecule has 1 N–H and O–H groups in total. The minimum Gasteiger partial charge on any atom is -0.482 e. The van der Waals surface area contributed by atoms with Gasteiger partial charge < -0.3 is 10.1 Å². The maximum Gasteiger partial charge on any atom is 0.252 e. The molecule has 88 valence electrons. The van der Waals surface area contributed by atoms with Gasteiger partial charge in [0.05, 0.1) is 0 Å². The lowest BCUT2D eigenvalue weighted by molar-refractivity contribution is -0.122. The molecule has 17 heavy (non-hydrogen) atoms. The number of hydrogen-bond donors (Lipinski definition) is 1. The summed E-state index contributed by atoms with van der Waals surface area (Å²) in [6.45, 7) is 3.61. The predicted octanol–water partition coefficient (Wildman–Crippen LogP) is 1.30. The molecule has 2 aliphatic rings. The standard InChI is InChI=1S/C13H14N2O2/c1-13(2)12(16)14-11(15-13)10-7-8-5-3-4-6-9(8)17-10/h3-6,10H,7H2,1-2H3,(H,14,15,16). The maximum atomic E-state index is 11.7. The van der Waals surface area contributed by atoms with Gasteiger partial charge in [-0.1, -0.05) is 18.2 Å². The van der Waals surface area contributed by atoms with Gasteiger partial charge in [-0.3, -0.25) is 9.79 Å². The van der Waals surface area contributed by atoms with Crippen molar-refractivity contribution in [3.8, 4) is 5.75 Å². The average molecular weight is 230 g/mol. The fourth-order valence-electron chi connectivity index (χ4n) is 2.14. The highest BCUT2D eigenvalue weighted by atomic mass is 16.5. The lowest BCUT2D eigenvalue weighted by Crippen LogP contribution is -2.39. The van der Waals surface area contributed by atoms with Gasteiger partial charge >= 0.3 is 0 Å². The molecule has 0 aromatic heterocycles. The zero-order valence-electron chi connectivity index (χ0n) is 9.86. The van der Waals surface area contributed by atoms with Crippen LogP contribution in [0.4, 0.5) is 0 Å². The van der Waals surface area contributed by atoms with E-state index in [1.54, 1.807) is 13.8 Å². The summed E-state index contributed by atoms with van der Waals surface area (Å²) in [5, 5.41) is 2.81. The summed E-state index contributed by atoms with van der Waals surface area (Å²) in [6.07, 6.45) is 0.615. The third-order valence-electron chi connectivity index (χ3n) is 3.15. The molecule has 1 amide bonds. The summed E-state index contributed by atoms with van der Waals surface area (Å²) in [5.74, 6) is 1.47. The number of para-hydroxylation sites is 1. The minimum absolute atomic E-state index is 0.0629. The molecule has 1 unspecified atom stereocenters. The summed E-state index contributed by atoms with van der Waals surface area (Å²) in [6, 6.07) is 7.92. The highest BCUT2D eigenvalue weighted by molar-refractivity contribution is 6.09. The van der Waals surface area contributed by atoms with Gasteiger partial charge in [-0.15, -0.1) is 0 Å². The molecule has 0 saturated heterocycles. The molecule has 2 aliphatic heterocycles. The molecule has 2 heterocycles. The number of aliphatic imine (C=N–C) groups is 1. The molecule has 0 aliphatic carbocycles. The number of rotatable bonds is 1. The van der Waals surface area contributed by atoms with E-state index in [0.717, 1.165) is 12.2 Å². The van der Waals surface area contributed by atoms with Gasteiger partial charge in [0.1, 0.15) is 17.1 Å². The molecule has 1 aromatic carbocycles. The van der Waals surface area contributed by atoms with Crippen LogP contribution in [0.15, 0.2) is 29.3 Å². The van der Waals surface area contributed by atoms with Crippen molar-refractivity contribution in [2.45, 2.75) is 31.9 Å². The molecule has 3 rings (SSSR count). The molecular weight excluding hydrogens is 216 g/mol. The largest absolute Gasteiger partial charge is 0.482 e. The lowest BCUT2D eigenvalue weighted by atomic mass is 10.1. The Morgan fingerprint density at radius 1 is 1.41 bits per heavy atom. The number of nitrogens with one attached hydrogen (secondary N) is 1. The summed E-state index contributed by atoms with van der Waals surface area (Å²) in [5.41, 5.74) is 0.493. The van der Waals surface area contributed by atoms with Crippen LogP contribution in [0.25, 0.3) is 0 Å². The minimum atomic E-state index is -0.673. The zero-order chi connectivity index (χ0) is 12.0. The molecule has 0 spiro atoms. The number of hydrogen-bond acceptors (Lipinski definition) is 3. The molecule has 0 radical (unpaired) electrons. The Morgan fingerprint density at radius 3 is 2.82 bits per heavy atom. The van der Waals surface area contributed by atoms with Crippen molar-refractivity contribution in [3.63, 3.8) is 0 Å². The number of fused-ring (bicyclic) bond motifs is 1. The van der Waals surface area contributed by atoms with E-state index in [1.807, 2.05) is 24.3 Å². The van der Waals surface area contributed by atoms with Crippen molar-refractivity contribution in [3.05, 3.63) is 29.8 Å². The van der Waals surface area contributed by atoms with Crippen LogP contribution in [-0.4, -0.2) is 23.4 Å². The second kappa shape index (κ2) is 3.32. The Balaban J connectivity index is 1.85. The first-order valence-corrected chi connectivity index (χ1v) is 5.72. The number of amides is 1. The highest BCUT2D eigenvalue weighted by Crippen LogP contribution is 2.30. The van der Waals surface area contributed by atoms with Gasteiger partial charge in [0.15, 0.2) is 6.10 Å². The Morgan fingerprint density at radius 2 is 2.18 bits per heavy atom. The van der Waals surface area contributed by atoms with E-state index in [2.05, 4.69) is 10.3 Å². The van der Waals surface area contributed by atoms with Crippen LogP contribution in [0.1, 0.15) is 19.4 Å². The first-order chi connectivity index (χ1) is 8.06. The average Bonchev–Trinajstić information content (AvgIpc) is 2.80. The van der Waals surface area contributed by atoms with Crippen molar-refractivity contribution < 1.29 is 9.53 Å². The van der Waals surface area contributed by atoms with Gasteiger partial charge in [0, 0.05) is 6.42 Å². The first kappa shape index (κ1) is 10.3. The van der Waals surface area contributed by atoms with Crippen LogP contribution >= 0.6 is 0 Å². The summed E-state index contributed by atoms with van der Waals surface area (Å²) in [7, 11) is 0. The number of carbonyl (C=O) groups is 1. The first-order valence-electron chi connectivity index (χ1n) is 5.72. The van der Waals surface area contributed by atoms with E-state index in [0.29, 0.717) is 5.84 Å². The van der Waals surface area contributed by atoms with Crippen molar-refractivity contribution in [1.29, 1.82) is 0 Å². The summed E-state index contributed by atoms with van der Waals surface area (Å²) in [4.78, 5) is 16.1. The highest BCUT2D eigenvalue weighted by Gasteiger charge is 2.39. The van der Waals surface area contributed by atoms with Crippen molar-refractivity contribution in [2.75, 3.05) is 0 Å². The summed E-state index contributed by atoms with van der Waals surface area (Å²) >= 11 is 0. The van der Waals surface area contributed by atoms with Crippen LogP contribution in [0.5, 0.6) is 5.75 Å². The van der Waals surface area contributed by atoms with Crippen LogP contribution < -0.4 is 10.1 Å². The number of benzene rings is 1. The number of nitrogens with zero attached hydrogens (tertiary/aromatic N) is 1. The molecule has 4 heteroatoms. The fourth-order valence-corrected chi connectivity index (χ4v) is 2.14. The normalized spacial score (nSPS) is 24.9. The molecular formula is C13H14N2O2. The predicted molar refractivity (Wildman–Crippen MR) is 64.2 cm³/mol. The third kappa shape index (κ3) is 1.60. The van der Waals surface area contributed by atoms with Gasteiger partial charge in [-0.2, -0.15) is 0 Å². The van der Waals surface area contributed by atoms with E-state index in [1.165, 1.54) is 5.56 Å². The molecule has 1 atom stereocenters. The Kier molecular flexibility index (Phi) is 2.02. The quantitative estimate of drug-likeness (QED) is 0.790. The molecule has 0 fully saturated rings. The Hall–Kier alpha value is -1.84. The molecule has 4 nitrogen and oxygen atoms in total. The molecule has 0 bridgehead atoms. The van der Waals surface area contributed by atoms with Crippen LogP contribution in [-0.2, 0) is 11.2 Å². The van der Waals surface area contributed by atoms with Gasteiger partial charge in [0.25, 0.3) is 5.91 Å². The van der Waals surface area contributed by atoms with Gasteiger partial charge in [0.2, 0.25) is 0 Å². The van der Waals surface area contributed by atoms with Crippen molar-refractivity contribution in [2.24, 2.45) is 4.99 Å². The lowest BCUT2D eigenvalue weighted by Gasteiger charge is -2.09. The van der Waals surface area contributed by atoms with E-state index < -0.39 is 5.54 Å². The zero-order valence-corrected chi connectivity index (χ0v) is 9.86. The van der Waals surface area contributed by atoms with Gasteiger partial charge in [-0.25, -0.2) is 0 Å². The topological polar surface area (TPSA) is 50.7 Å². The van der Waals surface area contributed by atoms with E-state index in [9.17, 15) is 4.79 Å². The third-order valence-corrected chi connectivity index (χ3v) is 3.15. The maximum absolute atomic E-state index is 11.7. The Labute approximate surface area is 99.7 Å². The second-order valence-electron chi connectivity index (χ2n) is 4.93. The van der Waals surface area contributed by atoms with E-state index in [4.69, 9.17) is 4.74 Å². The van der Waals surface area contributed by atoms with Gasteiger partial charge in [-0.05, 0) is 25.5 Å². The van der Waals surface area contributed by atoms with Crippen LogP contribution in [0.2, 0.25) is 0 Å². The van der Waals surface area contributed by atoms with E-state index in [-0.39, 0.29) is 12.0 Å². The monoisotopic (exact) mass is 230 g/mol. The van der Waals surface area contributed by atoms with Crippen LogP contribution in [0, 0.1) is 0 Å².